The van der Waals surface area contributed by atoms with Gasteiger partial charge in [-0.1, -0.05) is 13.0 Å². The number of likely N-dealkylation sites (N-methyl/N-ethyl adjacent to an activating group) is 1. The van der Waals surface area contributed by atoms with Crippen LogP contribution in [0.15, 0.2) is 18.2 Å². The van der Waals surface area contributed by atoms with E-state index in [-0.39, 0.29) is 17.6 Å². The zero-order valence-electron chi connectivity index (χ0n) is 13.2. The fraction of sp³-hybridized carbons (Fsp3) is 0.625. The molecule has 4 heteroatoms. The first-order chi connectivity index (χ1) is 9.49. The molecule has 1 aromatic rings. The van der Waals surface area contributed by atoms with E-state index in [9.17, 15) is 4.39 Å². The SMILES string of the molecule is CCC(C)N(C)CCNC(C)c1ccc(OC)c(F)c1. The van der Waals surface area contributed by atoms with Gasteiger partial charge in [0.05, 0.1) is 7.11 Å². The Kier molecular flexibility index (Phi) is 6.96. The Balaban J connectivity index is 2.47. The highest BCUT2D eigenvalue weighted by atomic mass is 19.1. The lowest BCUT2D eigenvalue weighted by Crippen LogP contribution is -2.35. The van der Waals surface area contributed by atoms with E-state index in [1.165, 1.54) is 13.2 Å². The lowest BCUT2D eigenvalue weighted by Gasteiger charge is -2.24. The second-order valence-electron chi connectivity index (χ2n) is 5.31. The summed E-state index contributed by atoms with van der Waals surface area (Å²) in [6.07, 6.45) is 1.15. The van der Waals surface area contributed by atoms with Gasteiger partial charge in [-0.25, -0.2) is 4.39 Å². The normalized spacial score (nSPS) is 14.3. The molecule has 0 bridgehead atoms. The molecule has 3 nitrogen and oxygen atoms in total. The van der Waals surface area contributed by atoms with Gasteiger partial charge in [-0.15, -0.1) is 0 Å². The van der Waals surface area contributed by atoms with E-state index in [1.54, 1.807) is 6.07 Å². The first-order valence-corrected chi connectivity index (χ1v) is 7.26. The van der Waals surface area contributed by atoms with Crippen molar-refractivity contribution < 1.29 is 9.13 Å². The van der Waals surface area contributed by atoms with Gasteiger partial charge in [-0.2, -0.15) is 0 Å². The maximum absolute atomic E-state index is 13.7. The van der Waals surface area contributed by atoms with Gasteiger partial charge < -0.3 is 15.0 Å². The van der Waals surface area contributed by atoms with Gasteiger partial charge in [0, 0.05) is 25.2 Å². The van der Waals surface area contributed by atoms with E-state index < -0.39 is 0 Å². The van der Waals surface area contributed by atoms with Crippen molar-refractivity contribution in [2.24, 2.45) is 0 Å². The van der Waals surface area contributed by atoms with Crippen molar-refractivity contribution in [2.75, 3.05) is 27.2 Å². The van der Waals surface area contributed by atoms with Crippen molar-refractivity contribution in [2.45, 2.75) is 39.3 Å². The van der Waals surface area contributed by atoms with Crippen molar-refractivity contribution in [3.63, 3.8) is 0 Å². The number of halogens is 1. The third kappa shape index (κ3) is 4.76. The monoisotopic (exact) mass is 282 g/mol. The minimum Gasteiger partial charge on any atom is -0.494 e. The summed E-state index contributed by atoms with van der Waals surface area (Å²) < 4.78 is 18.6. The molecule has 2 atom stereocenters. The minimum absolute atomic E-state index is 0.126. The summed E-state index contributed by atoms with van der Waals surface area (Å²) >= 11 is 0. The molecule has 0 amide bonds. The van der Waals surface area contributed by atoms with Crippen LogP contribution in [0.5, 0.6) is 5.75 Å². The van der Waals surface area contributed by atoms with E-state index in [0.717, 1.165) is 25.1 Å². The summed E-state index contributed by atoms with van der Waals surface area (Å²) in [4.78, 5) is 2.33. The third-order valence-electron chi connectivity index (χ3n) is 3.93. The molecule has 1 aromatic carbocycles. The van der Waals surface area contributed by atoms with Crippen LogP contribution >= 0.6 is 0 Å². The molecule has 20 heavy (non-hydrogen) atoms. The topological polar surface area (TPSA) is 24.5 Å². The van der Waals surface area contributed by atoms with Crippen LogP contribution in [0.3, 0.4) is 0 Å². The van der Waals surface area contributed by atoms with Gasteiger partial charge in [0.2, 0.25) is 0 Å². The molecule has 0 aliphatic carbocycles. The number of ether oxygens (including phenoxy) is 1. The van der Waals surface area contributed by atoms with E-state index in [2.05, 4.69) is 31.1 Å². The van der Waals surface area contributed by atoms with Crippen LogP contribution in [-0.4, -0.2) is 38.2 Å². The summed E-state index contributed by atoms with van der Waals surface area (Å²) in [5.41, 5.74) is 0.939. The molecule has 114 valence electrons. The van der Waals surface area contributed by atoms with Gasteiger partial charge in [-0.05, 0) is 45.0 Å². The molecule has 0 fully saturated rings. The minimum atomic E-state index is -0.310. The Labute approximate surface area is 122 Å². The molecule has 0 heterocycles. The lowest BCUT2D eigenvalue weighted by molar-refractivity contribution is 0.249. The Bertz CT molecular complexity index is 411. The molecule has 0 radical (unpaired) electrons. The van der Waals surface area contributed by atoms with E-state index in [4.69, 9.17) is 4.74 Å². The Morgan fingerprint density at radius 1 is 1.35 bits per heavy atom. The predicted octanol–water partition coefficient (Wildman–Crippen LogP) is 3.22. The summed E-state index contributed by atoms with van der Waals surface area (Å²) in [5, 5.41) is 3.42. The second kappa shape index (κ2) is 8.22. The smallest absolute Gasteiger partial charge is 0.165 e. The number of hydrogen-bond donors (Lipinski definition) is 1. The van der Waals surface area contributed by atoms with Gasteiger partial charge in [0.1, 0.15) is 0 Å². The maximum atomic E-state index is 13.7. The maximum Gasteiger partial charge on any atom is 0.165 e. The fourth-order valence-electron chi connectivity index (χ4n) is 2.06. The summed E-state index contributed by atoms with van der Waals surface area (Å²) in [7, 11) is 3.61. The number of nitrogens with one attached hydrogen (secondary N) is 1. The fourth-order valence-corrected chi connectivity index (χ4v) is 2.06. The Morgan fingerprint density at radius 3 is 2.60 bits per heavy atom. The standard InChI is InChI=1S/C16H27FN2O/c1-6-12(2)19(4)10-9-18-13(3)14-7-8-16(20-5)15(17)11-14/h7-8,11-13,18H,6,9-10H2,1-5H3. The third-order valence-corrected chi connectivity index (χ3v) is 3.93. The van der Waals surface area contributed by atoms with Gasteiger partial charge in [0.25, 0.3) is 0 Å². The first kappa shape index (κ1) is 16.9. The number of nitrogens with zero attached hydrogens (tertiary/aromatic N) is 1. The van der Waals surface area contributed by atoms with E-state index in [1.807, 2.05) is 13.0 Å². The van der Waals surface area contributed by atoms with Crippen LogP contribution in [-0.2, 0) is 0 Å². The highest BCUT2D eigenvalue weighted by molar-refractivity contribution is 5.30. The molecule has 0 aliphatic heterocycles. The van der Waals surface area contributed by atoms with Crippen LogP contribution in [0.25, 0.3) is 0 Å². The van der Waals surface area contributed by atoms with Gasteiger partial charge >= 0.3 is 0 Å². The van der Waals surface area contributed by atoms with Crippen molar-refractivity contribution in [3.8, 4) is 5.75 Å². The summed E-state index contributed by atoms with van der Waals surface area (Å²) in [6, 6.07) is 5.83. The highest BCUT2D eigenvalue weighted by Crippen LogP contribution is 2.21. The largest absolute Gasteiger partial charge is 0.494 e. The zero-order valence-corrected chi connectivity index (χ0v) is 13.2. The quantitative estimate of drug-likeness (QED) is 0.792. The van der Waals surface area contributed by atoms with Gasteiger partial charge in [-0.3, -0.25) is 0 Å². The molecule has 0 aliphatic rings. The summed E-state index contributed by atoms with van der Waals surface area (Å²) in [6.45, 7) is 8.33. The molecule has 1 N–H and O–H groups in total. The number of methoxy groups -OCH3 is 1. The highest BCUT2D eigenvalue weighted by Gasteiger charge is 2.10. The van der Waals surface area contributed by atoms with Crippen LogP contribution in [0.4, 0.5) is 4.39 Å². The van der Waals surface area contributed by atoms with Crippen molar-refractivity contribution in [1.29, 1.82) is 0 Å². The summed E-state index contributed by atoms with van der Waals surface area (Å²) in [5.74, 6) is -0.0205. The molecule has 0 saturated carbocycles. The average Bonchev–Trinajstić information content (AvgIpc) is 2.45. The molecular weight excluding hydrogens is 255 g/mol. The van der Waals surface area contributed by atoms with Crippen molar-refractivity contribution in [3.05, 3.63) is 29.6 Å². The Morgan fingerprint density at radius 2 is 2.05 bits per heavy atom. The van der Waals surface area contributed by atoms with Crippen LogP contribution in [0.2, 0.25) is 0 Å². The molecule has 2 unspecified atom stereocenters. The molecule has 0 spiro atoms. The van der Waals surface area contributed by atoms with Crippen LogP contribution in [0, 0.1) is 5.82 Å². The first-order valence-electron chi connectivity index (χ1n) is 7.26. The van der Waals surface area contributed by atoms with Crippen LogP contribution < -0.4 is 10.1 Å². The lowest BCUT2D eigenvalue weighted by atomic mass is 10.1. The van der Waals surface area contributed by atoms with Crippen LogP contribution in [0.1, 0.15) is 38.8 Å². The van der Waals surface area contributed by atoms with E-state index >= 15 is 0 Å². The zero-order chi connectivity index (χ0) is 15.1. The van der Waals surface area contributed by atoms with Gasteiger partial charge in [0.15, 0.2) is 11.6 Å². The second-order valence-corrected chi connectivity index (χ2v) is 5.31. The van der Waals surface area contributed by atoms with Crippen molar-refractivity contribution in [1.82, 2.24) is 10.2 Å². The molecular formula is C16H27FN2O. The predicted molar refractivity (Wildman–Crippen MR) is 81.8 cm³/mol. The molecule has 0 saturated heterocycles. The number of rotatable bonds is 8. The molecule has 0 aromatic heterocycles. The number of benzene rings is 1. The van der Waals surface area contributed by atoms with Crippen molar-refractivity contribution >= 4 is 0 Å². The number of hydrogen-bond acceptors (Lipinski definition) is 3. The van der Waals surface area contributed by atoms with E-state index in [0.29, 0.717) is 6.04 Å². The molecule has 1 rings (SSSR count). The average molecular weight is 282 g/mol. The Hall–Kier alpha value is -1.13.